The van der Waals surface area contributed by atoms with Crippen molar-refractivity contribution in [2.45, 2.75) is 0 Å². The van der Waals surface area contributed by atoms with Crippen molar-refractivity contribution in [2.75, 3.05) is 0 Å². The number of nitrogens with zero attached hydrogens (tertiary/aromatic N) is 3. The molecule has 3 rings (SSSR count). The first kappa shape index (κ1) is 10.7. The Labute approximate surface area is 104 Å². The van der Waals surface area contributed by atoms with Crippen molar-refractivity contribution in [3.63, 3.8) is 0 Å². The second kappa shape index (κ2) is 4.41. The van der Waals surface area contributed by atoms with E-state index in [2.05, 4.69) is 10.1 Å². The molecule has 2 aromatic heterocycles. The molecule has 0 atom stereocenters. The second-order valence-corrected chi connectivity index (χ2v) is 3.87. The van der Waals surface area contributed by atoms with Gasteiger partial charge in [-0.15, -0.1) is 0 Å². The van der Waals surface area contributed by atoms with Crippen LogP contribution in [0.4, 0.5) is 4.39 Å². The maximum atomic E-state index is 13.1. The van der Waals surface area contributed by atoms with Crippen LogP contribution in [0.1, 0.15) is 0 Å². The van der Waals surface area contributed by atoms with Gasteiger partial charge in [0.15, 0.2) is 5.82 Å². The number of benzene rings is 1. The molecule has 0 N–H and O–H groups in total. The lowest BCUT2D eigenvalue weighted by Crippen LogP contribution is -1.95. The summed E-state index contributed by atoms with van der Waals surface area (Å²) in [6, 6.07) is 12.0. The Morgan fingerprint density at radius 1 is 1.00 bits per heavy atom. The van der Waals surface area contributed by atoms with Gasteiger partial charge in [0.1, 0.15) is 5.82 Å². The summed E-state index contributed by atoms with van der Waals surface area (Å²) in [7, 11) is 0. The van der Waals surface area contributed by atoms with E-state index >= 15 is 0 Å². The predicted octanol–water partition coefficient (Wildman–Crippen LogP) is 3.07. The molecule has 18 heavy (non-hydrogen) atoms. The Bertz CT molecular complexity index is 662. The van der Waals surface area contributed by atoms with Gasteiger partial charge in [-0.1, -0.05) is 18.2 Å². The highest BCUT2D eigenvalue weighted by Crippen LogP contribution is 2.20. The second-order valence-electron chi connectivity index (χ2n) is 3.87. The molecule has 2 heterocycles. The molecule has 4 heteroatoms. The van der Waals surface area contributed by atoms with Gasteiger partial charge in [0.05, 0.1) is 6.20 Å². The highest BCUT2D eigenvalue weighted by molar-refractivity contribution is 5.62. The molecule has 0 aliphatic heterocycles. The lowest BCUT2D eigenvalue weighted by molar-refractivity contribution is 0.628. The van der Waals surface area contributed by atoms with Gasteiger partial charge in [-0.25, -0.2) is 14.1 Å². The number of hydrogen-bond donors (Lipinski definition) is 0. The third-order valence-corrected chi connectivity index (χ3v) is 2.62. The van der Waals surface area contributed by atoms with Crippen LogP contribution >= 0.6 is 0 Å². The fraction of sp³-hybridized carbons (Fsp3) is 0. The first-order valence-electron chi connectivity index (χ1n) is 5.55. The standard InChI is InChI=1S/C14H10FN3/c15-13-5-3-4-11(8-13)12-9-17-18(10-12)14-6-1-2-7-16-14/h1-10H. The van der Waals surface area contributed by atoms with Crippen LogP contribution in [0.5, 0.6) is 0 Å². The van der Waals surface area contributed by atoms with Gasteiger partial charge in [-0.05, 0) is 29.8 Å². The molecule has 0 bridgehead atoms. The van der Waals surface area contributed by atoms with E-state index in [1.165, 1.54) is 12.1 Å². The minimum atomic E-state index is -0.252. The summed E-state index contributed by atoms with van der Waals surface area (Å²) in [5.74, 6) is 0.484. The van der Waals surface area contributed by atoms with Gasteiger partial charge in [-0.2, -0.15) is 5.10 Å². The van der Waals surface area contributed by atoms with Crippen LogP contribution in [0, 0.1) is 5.82 Å². The van der Waals surface area contributed by atoms with E-state index in [1.807, 2.05) is 30.5 Å². The SMILES string of the molecule is Fc1cccc(-c2cnn(-c3ccccn3)c2)c1. The molecule has 0 unspecified atom stereocenters. The van der Waals surface area contributed by atoms with Gasteiger partial charge in [0, 0.05) is 18.0 Å². The van der Waals surface area contributed by atoms with Crippen LogP contribution in [0.3, 0.4) is 0 Å². The normalized spacial score (nSPS) is 10.5. The van der Waals surface area contributed by atoms with E-state index < -0.39 is 0 Å². The average molecular weight is 239 g/mol. The zero-order chi connectivity index (χ0) is 12.4. The number of halogens is 1. The van der Waals surface area contributed by atoms with Crippen molar-refractivity contribution in [2.24, 2.45) is 0 Å². The molecule has 0 fully saturated rings. The Morgan fingerprint density at radius 3 is 2.72 bits per heavy atom. The summed E-state index contributed by atoms with van der Waals surface area (Å²) >= 11 is 0. The maximum absolute atomic E-state index is 13.1. The van der Waals surface area contributed by atoms with E-state index in [4.69, 9.17) is 0 Å². The molecule has 0 aliphatic carbocycles. The zero-order valence-electron chi connectivity index (χ0n) is 9.49. The lowest BCUT2D eigenvalue weighted by Gasteiger charge is -1.98. The molecule has 0 radical (unpaired) electrons. The maximum Gasteiger partial charge on any atom is 0.153 e. The first-order chi connectivity index (χ1) is 8.83. The van der Waals surface area contributed by atoms with E-state index in [1.54, 1.807) is 23.1 Å². The Morgan fingerprint density at radius 2 is 1.94 bits per heavy atom. The monoisotopic (exact) mass is 239 g/mol. The molecule has 0 aliphatic rings. The molecule has 0 spiro atoms. The fourth-order valence-corrected chi connectivity index (χ4v) is 1.75. The van der Waals surface area contributed by atoms with Crippen molar-refractivity contribution in [3.05, 3.63) is 66.9 Å². The number of pyridine rings is 1. The van der Waals surface area contributed by atoms with Crippen LogP contribution in [0.2, 0.25) is 0 Å². The highest BCUT2D eigenvalue weighted by atomic mass is 19.1. The molecular weight excluding hydrogens is 229 g/mol. The van der Waals surface area contributed by atoms with Gasteiger partial charge in [0.2, 0.25) is 0 Å². The number of aromatic nitrogens is 3. The summed E-state index contributed by atoms with van der Waals surface area (Å²) in [5.41, 5.74) is 1.66. The summed E-state index contributed by atoms with van der Waals surface area (Å²) in [5, 5.41) is 4.22. The van der Waals surface area contributed by atoms with E-state index in [0.717, 1.165) is 16.9 Å². The Hall–Kier alpha value is -2.49. The van der Waals surface area contributed by atoms with Crippen LogP contribution in [-0.2, 0) is 0 Å². The van der Waals surface area contributed by atoms with E-state index in [0.29, 0.717) is 0 Å². The first-order valence-corrected chi connectivity index (χ1v) is 5.55. The molecule has 1 aromatic carbocycles. The van der Waals surface area contributed by atoms with Crippen molar-refractivity contribution in [3.8, 4) is 16.9 Å². The van der Waals surface area contributed by atoms with Crippen molar-refractivity contribution in [1.29, 1.82) is 0 Å². The van der Waals surface area contributed by atoms with Crippen molar-refractivity contribution in [1.82, 2.24) is 14.8 Å². The Kier molecular flexibility index (Phi) is 2.61. The van der Waals surface area contributed by atoms with Gasteiger partial charge >= 0.3 is 0 Å². The zero-order valence-corrected chi connectivity index (χ0v) is 9.49. The van der Waals surface area contributed by atoms with Crippen molar-refractivity contribution < 1.29 is 4.39 Å². The van der Waals surface area contributed by atoms with Crippen LogP contribution < -0.4 is 0 Å². The van der Waals surface area contributed by atoms with Gasteiger partial charge in [-0.3, -0.25) is 0 Å². The van der Waals surface area contributed by atoms with Gasteiger partial charge < -0.3 is 0 Å². The third kappa shape index (κ3) is 2.00. The summed E-state index contributed by atoms with van der Waals surface area (Å²) in [4.78, 5) is 4.20. The van der Waals surface area contributed by atoms with E-state index in [-0.39, 0.29) is 5.82 Å². The van der Waals surface area contributed by atoms with Crippen LogP contribution in [-0.4, -0.2) is 14.8 Å². The molecule has 0 saturated carbocycles. The number of hydrogen-bond acceptors (Lipinski definition) is 2. The summed E-state index contributed by atoms with van der Waals surface area (Å²) in [6.07, 6.45) is 5.24. The highest BCUT2D eigenvalue weighted by Gasteiger charge is 2.04. The largest absolute Gasteiger partial charge is 0.237 e. The van der Waals surface area contributed by atoms with Crippen LogP contribution in [0.15, 0.2) is 61.1 Å². The summed E-state index contributed by atoms with van der Waals surface area (Å²) < 4.78 is 14.8. The van der Waals surface area contributed by atoms with Gasteiger partial charge in [0.25, 0.3) is 0 Å². The fourth-order valence-electron chi connectivity index (χ4n) is 1.75. The predicted molar refractivity (Wildman–Crippen MR) is 66.8 cm³/mol. The molecular formula is C14H10FN3. The minimum absolute atomic E-state index is 0.252. The molecule has 3 aromatic rings. The minimum Gasteiger partial charge on any atom is -0.237 e. The molecule has 0 saturated heterocycles. The number of rotatable bonds is 2. The van der Waals surface area contributed by atoms with Crippen molar-refractivity contribution >= 4 is 0 Å². The Balaban J connectivity index is 2.00. The molecule has 88 valence electrons. The van der Waals surface area contributed by atoms with Crippen LogP contribution in [0.25, 0.3) is 16.9 Å². The summed E-state index contributed by atoms with van der Waals surface area (Å²) in [6.45, 7) is 0. The molecule has 0 amide bonds. The quantitative estimate of drug-likeness (QED) is 0.688. The topological polar surface area (TPSA) is 30.7 Å². The average Bonchev–Trinajstić information content (AvgIpc) is 2.89. The molecule has 3 nitrogen and oxygen atoms in total. The van der Waals surface area contributed by atoms with E-state index in [9.17, 15) is 4.39 Å². The third-order valence-electron chi connectivity index (χ3n) is 2.62. The smallest absolute Gasteiger partial charge is 0.153 e. The lowest BCUT2D eigenvalue weighted by atomic mass is 10.1.